The summed E-state index contributed by atoms with van der Waals surface area (Å²) in [6.45, 7) is 2.44. The van der Waals surface area contributed by atoms with Gasteiger partial charge in [-0.25, -0.2) is 0 Å². The number of nitrogens with one attached hydrogen (secondary N) is 1. The number of carbonyl (C=O) groups is 2. The van der Waals surface area contributed by atoms with E-state index in [-0.39, 0.29) is 11.8 Å². The molecule has 1 N–H and O–H groups in total. The lowest BCUT2D eigenvalue weighted by molar-refractivity contribution is 0.0690. The first-order chi connectivity index (χ1) is 13.7. The van der Waals surface area contributed by atoms with E-state index in [2.05, 4.69) is 29.6 Å². The summed E-state index contributed by atoms with van der Waals surface area (Å²) in [5.41, 5.74) is 2.43. The van der Waals surface area contributed by atoms with Crippen molar-refractivity contribution in [2.45, 2.75) is 19.3 Å². The summed E-state index contributed by atoms with van der Waals surface area (Å²) in [4.78, 5) is 27.0. The molecule has 3 rings (SSSR count). The van der Waals surface area contributed by atoms with E-state index in [1.165, 1.54) is 5.56 Å². The van der Waals surface area contributed by atoms with E-state index >= 15 is 0 Å². The molecule has 0 atom stereocenters. The first-order valence-electron chi connectivity index (χ1n) is 9.88. The fourth-order valence-electron chi connectivity index (χ4n) is 3.63. The van der Waals surface area contributed by atoms with E-state index in [1.807, 2.05) is 11.0 Å². The molecule has 5 nitrogen and oxygen atoms in total. The van der Waals surface area contributed by atoms with E-state index in [9.17, 15) is 9.59 Å². The minimum atomic E-state index is -0.187. The molecule has 1 aliphatic heterocycles. The van der Waals surface area contributed by atoms with Gasteiger partial charge in [0.2, 0.25) is 0 Å². The number of methoxy groups -OCH3 is 1. The second-order valence-corrected chi connectivity index (χ2v) is 7.25. The van der Waals surface area contributed by atoms with Crippen molar-refractivity contribution < 1.29 is 14.3 Å². The molecule has 2 aromatic carbocycles. The lowest BCUT2D eigenvalue weighted by Crippen LogP contribution is -2.39. The van der Waals surface area contributed by atoms with Crippen LogP contribution in [0.2, 0.25) is 0 Å². The quantitative estimate of drug-likeness (QED) is 0.751. The van der Waals surface area contributed by atoms with Gasteiger partial charge in [-0.1, -0.05) is 36.4 Å². The highest BCUT2D eigenvalue weighted by molar-refractivity contribution is 5.99. The Bertz CT molecular complexity index is 783. The van der Waals surface area contributed by atoms with E-state index in [0.717, 1.165) is 32.4 Å². The van der Waals surface area contributed by atoms with Crippen LogP contribution in [0.4, 0.5) is 0 Å². The van der Waals surface area contributed by atoms with Crippen LogP contribution in [-0.4, -0.2) is 50.1 Å². The Morgan fingerprint density at radius 2 is 1.75 bits per heavy atom. The topological polar surface area (TPSA) is 58.6 Å². The Hall–Kier alpha value is -2.66. The molecule has 0 aromatic heterocycles. The third kappa shape index (κ3) is 5.42. The molecule has 0 radical (unpaired) electrons. The number of rotatable bonds is 7. The average molecular weight is 380 g/mol. The van der Waals surface area contributed by atoms with Crippen molar-refractivity contribution in [3.05, 3.63) is 71.3 Å². The normalized spacial score (nSPS) is 14.7. The van der Waals surface area contributed by atoms with Gasteiger partial charge < -0.3 is 15.0 Å². The summed E-state index contributed by atoms with van der Waals surface area (Å²) in [5.74, 6) is 0.433. The maximum atomic E-state index is 12.9. The number of ether oxygens (including phenoxy) is 1. The molecule has 0 spiro atoms. The Labute approximate surface area is 166 Å². The van der Waals surface area contributed by atoms with Crippen molar-refractivity contribution in [1.29, 1.82) is 0 Å². The molecule has 1 aliphatic rings. The second kappa shape index (κ2) is 10.0. The smallest absolute Gasteiger partial charge is 0.253 e. The molecule has 2 amide bonds. The van der Waals surface area contributed by atoms with Crippen molar-refractivity contribution in [2.24, 2.45) is 5.92 Å². The summed E-state index contributed by atoms with van der Waals surface area (Å²) in [5, 5.41) is 2.79. The average Bonchev–Trinajstić information content (AvgIpc) is 2.75. The molecule has 0 saturated carbocycles. The maximum absolute atomic E-state index is 12.9. The van der Waals surface area contributed by atoms with Crippen LogP contribution in [0.3, 0.4) is 0 Å². The molecular weight excluding hydrogens is 352 g/mol. The fourth-order valence-corrected chi connectivity index (χ4v) is 3.63. The van der Waals surface area contributed by atoms with Crippen molar-refractivity contribution in [3.63, 3.8) is 0 Å². The predicted octanol–water partition coefficient (Wildman–Crippen LogP) is 3.16. The summed E-state index contributed by atoms with van der Waals surface area (Å²) in [6.07, 6.45) is 3.09. The summed E-state index contributed by atoms with van der Waals surface area (Å²) in [7, 11) is 1.59. The van der Waals surface area contributed by atoms with E-state index in [0.29, 0.717) is 30.2 Å². The molecule has 0 unspecified atom stereocenters. The number of carbonyl (C=O) groups excluding carboxylic acids is 2. The molecule has 5 heteroatoms. The van der Waals surface area contributed by atoms with Crippen LogP contribution in [0.5, 0.6) is 0 Å². The Morgan fingerprint density at radius 1 is 1.04 bits per heavy atom. The van der Waals surface area contributed by atoms with Crippen LogP contribution in [0.15, 0.2) is 54.6 Å². The van der Waals surface area contributed by atoms with E-state index in [4.69, 9.17) is 4.74 Å². The summed E-state index contributed by atoms with van der Waals surface area (Å²) < 4.78 is 4.94. The highest BCUT2D eigenvalue weighted by Crippen LogP contribution is 2.23. The first kappa shape index (κ1) is 20.1. The number of likely N-dealkylation sites (tertiary alicyclic amines) is 1. The minimum absolute atomic E-state index is 0.00435. The standard InChI is InChI=1S/C23H28N2O3/c1-28-15-12-24-22(26)20-8-5-9-21(17-20)23(27)25-13-10-19(11-14-25)16-18-6-3-2-4-7-18/h2-9,17,19H,10-16H2,1H3,(H,24,26). The largest absolute Gasteiger partial charge is 0.383 e. The molecule has 2 aromatic rings. The summed E-state index contributed by atoms with van der Waals surface area (Å²) in [6, 6.07) is 17.5. The number of nitrogens with zero attached hydrogens (tertiary/aromatic N) is 1. The van der Waals surface area contributed by atoms with Gasteiger partial charge in [0.25, 0.3) is 11.8 Å². The van der Waals surface area contributed by atoms with E-state index < -0.39 is 0 Å². The second-order valence-electron chi connectivity index (χ2n) is 7.25. The zero-order chi connectivity index (χ0) is 19.8. The minimum Gasteiger partial charge on any atom is -0.383 e. The monoisotopic (exact) mass is 380 g/mol. The van der Waals surface area contributed by atoms with Gasteiger partial charge >= 0.3 is 0 Å². The third-order valence-corrected chi connectivity index (χ3v) is 5.23. The molecule has 0 aliphatic carbocycles. The van der Waals surface area contributed by atoms with Crippen LogP contribution in [0.25, 0.3) is 0 Å². The van der Waals surface area contributed by atoms with Gasteiger partial charge in [-0.2, -0.15) is 0 Å². The van der Waals surface area contributed by atoms with Crippen molar-refractivity contribution in [3.8, 4) is 0 Å². The lowest BCUT2D eigenvalue weighted by atomic mass is 9.90. The van der Waals surface area contributed by atoms with Crippen molar-refractivity contribution in [1.82, 2.24) is 10.2 Å². The van der Waals surface area contributed by atoms with Gasteiger partial charge in [-0.3, -0.25) is 9.59 Å². The molecule has 1 heterocycles. The van der Waals surface area contributed by atoms with Gasteiger partial charge in [0.15, 0.2) is 0 Å². The van der Waals surface area contributed by atoms with Crippen LogP contribution in [0, 0.1) is 5.92 Å². The molecule has 1 saturated heterocycles. The number of benzene rings is 2. The Kier molecular flexibility index (Phi) is 7.20. The predicted molar refractivity (Wildman–Crippen MR) is 109 cm³/mol. The Balaban J connectivity index is 1.55. The van der Waals surface area contributed by atoms with Crippen molar-refractivity contribution in [2.75, 3.05) is 33.4 Å². The Morgan fingerprint density at radius 3 is 2.46 bits per heavy atom. The fraction of sp³-hybridized carbons (Fsp3) is 0.391. The zero-order valence-corrected chi connectivity index (χ0v) is 16.4. The third-order valence-electron chi connectivity index (χ3n) is 5.23. The number of hydrogen-bond donors (Lipinski definition) is 1. The highest BCUT2D eigenvalue weighted by atomic mass is 16.5. The van der Waals surface area contributed by atoms with Gasteiger partial charge in [0.05, 0.1) is 6.61 Å². The van der Waals surface area contributed by atoms with Gasteiger partial charge in [-0.05, 0) is 48.9 Å². The van der Waals surface area contributed by atoms with Crippen LogP contribution >= 0.6 is 0 Å². The first-order valence-corrected chi connectivity index (χ1v) is 9.88. The zero-order valence-electron chi connectivity index (χ0n) is 16.4. The van der Waals surface area contributed by atoms with Gasteiger partial charge in [0, 0.05) is 37.9 Å². The number of hydrogen-bond acceptors (Lipinski definition) is 3. The molecular formula is C23H28N2O3. The molecule has 148 valence electrons. The van der Waals surface area contributed by atoms with Gasteiger partial charge in [0.1, 0.15) is 0 Å². The van der Waals surface area contributed by atoms with Gasteiger partial charge in [-0.15, -0.1) is 0 Å². The number of amides is 2. The molecule has 1 fully saturated rings. The van der Waals surface area contributed by atoms with E-state index in [1.54, 1.807) is 31.4 Å². The maximum Gasteiger partial charge on any atom is 0.253 e. The summed E-state index contributed by atoms with van der Waals surface area (Å²) >= 11 is 0. The van der Waals surface area contributed by atoms with Crippen molar-refractivity contribution >= 4 is 11.8 Å². The molecule has 0 bridgehead atoms. The SMILES string of the molecule is COCCNC(=O)c1cccc(C(=O)N2CCC(Cc3ccccc3)CC2)c1. The molecule has 28 heavy (non-hydrogen) atoms. The van der Waals surface area contributed by atoms with Crippen LogP contribution in [-0.2, 0) is 11.2 Å². The van der Waals surface area contributed by atoms with Crippen LogP contribution < -0.4 is 5.32 Å². The lowest BCUT2D eigenvalue weighted by Gasteiger charge is -2.32. The van der Waals surface area contributed by atoms with Crippen LogP contribution in [0.1, 0.15) is 39.1 Å². The number of piperidine rings is 1. The highest BCUT2D eigenvalue weighted by Gasteiger charge is 2.24.